The molecule has 1 aliphatic heterocycles. The SMILES string of the molecule is CC(C)(C)COC1CCNCC1. The Bertz CT molecular complexity index is 122. The van der Waals surface area contributed by atoms with Crippen molar-refractivity contribution in [2.45, 2.75) is 39.7 Å². The topological polar surface area (TPSA) is 21.3 Å². The minimum absolute atomic E-state index is 0.310. The van der Waals surface area contributed by atoms with Crippen LogP contribution in [0.3, 0.4) is 0 Å². The van der Waals surface area contributed by atoms with Gasteiger partial charge in [0.25, 0.3) is 0 Å². The van der Waals surface area contributed by atoms with Crippen molar-refractivity contribution in [3.63, 3.8) is 0 Å². The van der Waals surface area contributed by atoms with Crippen LogP contribution in [-0.2, 0) is 4.74 Å². The highest BCUT2D eigenvalue weighted by atomic mass is 16.5. The molecule has 0 atom stereocenters. The monoisotopic (exact) mass is 171 g/mol. The van der Waals surface area contributed by atoms with Gasteiger partial charge in [-0.05, 0) is 31.3 Å². The molecule has 1 rings (SSSR count). The van der Waals surface area contributed by atoms with Gasteiger partial charge in [-0.3, -0.25) is 0 Å². The maximum absolute atomic E-state index is 5.81. The van der Waals surface area contributed by atoms with Crippen molar-refractivity contribution in [2.75, 3.05) is 19.7 Å². The van der Waals surface area contributed by atoms with Gasteiger partial charge in [-0.1, -0.05) is 20.8 Å². The summed E-state index contributed by atoms with van der Waals surface area (Å²) in [5.41, 5.74) is 0.310. The smallest absolute Gasteiger partial charge is 0.0599 e. The van der Waals surface area contributed by atoms with E-state index in [0.29, 0.717) is 11.5 Å². The highest BCUT2D eigenvalue weighted by Gasteiger charge is 2.17. The molecule has 0 unspecified atom stereocenters. The van der Waals surface area contributed by atoms with Crippen molar-refractivity contribution in [3.05, 3.63) is 0 Å². The fourth-order valence-corrected chi connectivity index (χ4v) is 1.33. The summed E-state index contributed by atoms with van der Waals surface area (Å²) in [4.78, 5) is 0. The first-order valence-electron chi connectivity index (χ1n) is 4.90. The first-order chi connectivity index (χ1) is 5.58. The third kappa shape index (κ3) is 4.07. The number of hydrogen-bond donors (Lipinski definition) is 1. The van der Waals surface area contributed by atoms with Gasteiger partial charge in [0.2, 0.25) is 0 Å². The number of piperidine rings is 1. The fraction of sp³-hybridized carbons (Fsp3) is 1.00. The van der Waals surface area contributed by atoms with E-state index in [1.807, 2.05) is 0 Å². The second kappa shape index (κ2) is 4.24. The Morgan fingerprint density at radius 3 is 2.33 bits per heavy atom. The van der Waals surface area contributed by atoms with Gasteiger partial charge in [0.1, 0.15) is 0 Å². The number of rotatable bonds is 2. The van der Waals surface area contributed by atoms with E-state index in [9.17, 15) is 0 Å². The van der Waals surface area contributed by atoms with Crippen LogP contribution in [0.15, 0.2) is 0 Å². The first-order valence-corrected chi connectivity index (χ1v) is 4.90. The highest BCUT2D eigenvalue weighted by Crippen LogP contribution is 2.16. The van der Waals surface area contributed by atoms with Crippen LogP contribution in [-0.4, -0.2) is 25.8 Å². The molecule has 0 bridgehead atoms. The predicted octanol–water partition coefficient (Wildman–Crippen LogP) is 1.80. The molecular formula is C10H21NO. The largest absolute Gasteiger partial charge is 0.378 e. The molecule has 72 valence electrons. The molecular weight excluding hydrogens is 150 g/mol. The van der Waals surface area contributed by atoms with Crippen molar-refractivity contribution in [1.82, 2.24) is 5.32 Å². The third-order valence-electron chi connectivity index (χ3n) is 2.04. The van der Waals surface area contributed by atoms with E-state index in [0.717, 1.165) is 19.7 Å². The van der Waals surface area contributed by atoms with E-state index in [-0.39, 0.29) is 0 Å². The van der Waals surface area contributed by atoms with Crippen LogP contribution in [0.25, 0.3) is 0 Å². The van der Waals surface area contributed by atoms with Crippen molar-refractivity contribution in [1.29, 1.82) is 0 Å². The fourth-order valence-electron chi connectivity index (χ4n) is 1.33. The lowest BCUT2D eigenvalue weighted by Crippen LogP contribution is -2.34. The zero-order chi connectivity index (χ0) is 9.03. The summed E-state index contributed by atoms with van der Waals surface area (Å²) in [6.07, 6.45) is 2.86. The molecule has 1 aliphatic rings. The van der Waals surface area contributed by atoms with Crippen molar-refractivity contribution < 1.29 is 4.74 Å². The van der Waals surface area contributed by atoms with E-state index < -0.39 is 0 Å². The molecule has 0 saturated carbocycles. The lowest BCUT2D eigenvalue weighted by Gasteiger charge is -2.27. The average molecular weight is 171 g/mol. The number of nitrogens with one attached hydrogen (secondary N) is 1. The minimum Gasteiger partial charge on any atom is -0.378 e. The van der Waals surface area contributed by atoms with Crippen molar-refractivity contribution >= 4 is 0 Å². The van der Waals surface area contributed by atoms with Gasteiger partial charge in [-0.25, -0.2) is 0 Å². The molecule has 0 radical (unpaired) electrons. The van der Waals surface area contributed by atoms with Gasteiger partial charge < -0.3 is 10.1 Å². The highest BCUT2D eigenvalue weighted by molar-refractivity contribution is 4.69. The molecule has 0 aromatic carbocycles. The van der Waals surface area contributed by atoms with Gasteiger partial charge >= 0.3 is 0 Å². The van der Waals surface area contributed by atoms with E-state index in [2.05, 4.69) is 26.1 Å². The summed E-state index contributed by atoms with van der Waals surface area (Å²) in [6.45, 7) is 9.78. The molecule has 2 nitrogen and oxygen atoms in total. The molecule has 1 fully saturated rings. The molecule has 0 amide bonds. The Labute approximate surface area is 75.7 Å². The molecule has 2 heteroatoms. The van der Waals surface area contributed by atoms with Gasteiger partial charge in [0.15, 0.2) is 0 Å². The molecule has 0 aromatic heterocycles. The Kier molecular flexibility index (Phi) is 3.53. The summed E-state index contributed by atoms with van der Waals surface area (Å²) in [5, 5.41) is 3.33. The van der Waals surface area contributed by atoms with Crippen LogP contribution in [0.2, 0.25) is 0 Å². The summed E-state index contributed by atoms with van der Waals surface area (Å²) in [6, 6.07) is 0. The Balaban J connectivity index is 2.13. The maximum atomic E-state index is 5.81. The van der Waals surface area contributed by atoms with Crippen LogP contribution >= 0.6 is 0 Å². The lowest BCUT2D eigenvalue weighted by molar-refractivity contribution is -0.00608. The van der Waals surface area contributed by atoms with E-state index in [1.165, 1.54) is 12.8 Å². The van der Waals surface area contributed by atoms with Gasteiger partial charge in [0, 0.05) is 0 Å². The van der Waals surface area contributed by atoms with E-state index in [4.69, 9.17) is 4.74 Å². The minimum atomic E-state index is 0.310. The Hall–Kier alpha value is -0.0800. The van der Waals surface area contributed by atoms with Crippen LogP contribution in [0.5, 0.6) is 0 Å². The molecule has 12 heavy (non-hydrogen) atoms. The molecule has 1 N–H and O–H groups in total. The molecule has 0 aromatic rings. The summed E-state index contributed by atoms with van der Waals surface area (Å²) in [7, 11) is 0. The molecule has 1 heterocycles. The standard InChI is InChI=1S/C10H21NO/c1-10(2,3)8-12-9-4-6-11-7-5-9/h9,11H,4-8H2,1-3H3. The van der Waals surface area contributed by atoms with Crippen molar-refractivity contribution in [3.8, 4) is 0 Å². The van der Waals surface area contributed by atoms with Gasteiger partial charge in [-0.2, -0.15) is 0 Å². The van der Waals surface area contributed by atoms with Crippen LogP contribution in [0, 0.1) is 5.41 Å². The molecule has 0 aliphatic carbocycles. The second-order valence-electron chi connectivity index (χ2n) is 4.82. The zero-order valence-electron chi connectivity index (χ0n) is 8.52. The van der Waals surface area contributed by atoms with Crippen LogP contribution in [0.4, 0.5) is 0 Å². The van der Waals surface area contributed by atoms with Crippen LogP contribution < -0.4 is 5.32 Å². The van der Waals surface area contributed by atoms with Gasteiger partial charge in [-0.15, -0.1) is 0 Å². The molecule has 1 saturated heterocycles. The van der Waals surface area contributed by atoms with Gasteiger partial charge in [0.05, 0.1) is 12.7 Å². The van der Waals surface area contributed by atoms with E-state index in [1.54, 1.807) is 0 Å². The Morgan fingerprint density at radius 1 is 1.25 bits per heavy atom. The number of ether oxygens (including phenoxy) is 1. The third-order valence-corrected chi connectivity index (χ3v) is 2.04. The Morgan fingerprint density at radius 2 is 1.83 bits per heavy atom. The van der Waals surface area contributed by atoms with Crippen LogP contribution in [0.1, 0.15) is 33.6 Å². The summed E-state index contributed by atoms with van der Waals surface area (Å²) in [5.74, 6) is 0. The second-order valence-corrected chi connectivity index (χ2v) is 4.82. The lowest BCUT2D eigenvalue weighted by atomic mass is 9.98. The van der Waals surface area contributed by atoms with E-state index >= 15 is 0 Å². The maximum Gasteiger partial charge on any atom is 0.0599 e. The predicted molar refractivity (Wildman–Crippen MR) is 51.3 cm³/mol. The zero-order valence-corrected chi connectivity index (χ0v) is 8.52. The summed E-state index contributed by atoms with van der Waals surface area (Å²) < 4.78 is 5.81. The van der Waals surface area contributed by atoms with Crippen molar-refractivity contribution in [2.24, 2.45) is 5.41 Å². The average Bonchev–Trinajstić information content (AvgIpc) is 2.02. The quantitative estimate of drug-likeness (QED) is 0.684. The molecule has 0 spiro atoms. The first kappa shape index (κ1) is 10.0. The number of hydrogen-bond acceptors (Lipinski definition) is 2. The summed E-state index contributed by atoms with van der Waals surface area (Å²) >= 11 is 0. The normalized spacial score (nSPS) is 21.2.